The van der Waals surface area contributed by atoms with Crippen molar-refractivity contribution in [2.24, 2.45) is 5.41 Å². The van der Waals surface area contributed by atoms with Crippen LogP contribution in [0.25, 0.3) is 10.4 Å². The van der Waals surface area contributed by atoms with Gasteiger partial charge in [-0.25, -0.2) is 4.98 Å². The number of rotatable bonds is 8. The second-order valence-corrected chi connectivity index (χ2v) is 12.6. The van der Waals surface area contributed by atoms with Crippen molar-refractivity contribution in [2.75, 3.05) is 6.54 Å². The Morgan fingerprint density at radius 2 is 1.78 bits per heavy atom. The number of aliphatic hydroxyl groups excluding tert-OH is 1. The molecule has 204 valence electrons. The number of aliphatic hydroxyl groups is 1. The number of carbonyl (C=O) groups is 2. The molecule has 1 aliphatic heterocycles. The molecular formula is C28H43N5O3S. The maximum Gasteiger partial charge on any atom is 0.243 e. The predicted octanol–water partition coefficient (Wildman–Crippen LogP) is 4.19. The molecule has 1 fully saturated rings. The van der Waals surface area contributed by atoms with Gasteiger partial charge in [-0.3, -0.25) is 19.5 Å². The molecule has 3 rings (SSSR count). The topological polar surface area (TPSA) is 98.7 Å². The van der Waals surface area contributed by atoms with Crippen LogP contribution >= 0.6 is 11.3 Å². The molecule has 1 saturated heterocycles. The lowest BCUT2D eigenvalue weighted by Crippen LogP contribution is -2.60. The molecule has 0 unspecified atom stereocenters. The maximum atomic E-state index is 14.0. The normalized spacial score (nSPS) is 20.1. The Hall–Kier alpha value is -2.36. The van der Waals surface area contributed by atoms with Gasteiger partial charge in [0, 0.05) is 36.8 Å². The van der Waals surface area contributed by atoms with E-state index in [1.807, 2.05) is 31.5 Å². The van der Waals surface area contributed by atoms with E-state index in [0.717, 1.165) is 21.8 Å². The highest BCUT2D eigenvalue weighted by molar-refractivity contribution is 7.13. The van der Waals surface area contributed by atoms with Crippen molar-refractivity contribution >= 4 is 23.2 Å². The summed E-state index contributed by atoms with van der Waals surface area (Å²) in [5.74, 6) is -0.378. The van der Waals surface area contributed by atoms with Crippen LogP contribution in [0.2, 0.25) is 0 Å². The average molecular weight is 530 g/mol. The van der Waals surface area contributed by atoms with Crippen LogP contribution in [-0.2, 0) is 9.59 Å². The van der Waals surface area contributed by atoms with Crippen LogP contribution in [0.1, 0.15) is 79.2 Å². The summed E-state index contributed by atoms with van der Waals surface area (Å²) < 4.78 is 0. The first-order valence-electron chi connectivity index (χ1n) is 13.1. The number of carbonyl (C=O) groups excluding carboxylic acids is 2. The Morgan fingerprint density at radius 1 is 1.14 bits per heavy atom. The highest BCUT2D eigenvalue weighted by Crippen LogP contribution is 2.32. The summed E-state index contributed by atoms with van der Waals surface area (Å²) in [6.07, 6.45) is 1.29. The zero-order valence-electron chi connectivity index (χ0n) is 23.6. The van der Waals surface area contributed by atoms with E-state index >= 15 is 0 Å². The number of pyridine rings is 1. The molecule has 0 spiro atoms. The van der Waals surface area contributed by atoms with Crippen LogP contribution in [0.4, 0.5) is 0 Å². The number of thiazole rings is 1. The molecule has 37 heavy (non-hydrogen) atoms. The Bertz CT molecular complexity index is 1070. The van der Waals surface area contributed by atoms with Crippen molar-refractivity contribution in [3.8, 4) is 10.4 Å². The van der Waals surface area contributed by atoms with Crippen LogP contribution < -0.4 is 5.32 Å². The maximum absolute atomic E-state index is 14.0. The highest BCUT2D eigenvalue weighted by Gasteiger charge is 2.47. The second kappa shape index (κ2) is 11.6. The first-order chi connectivity index (χ1) is 17.2. The van der Waals surface area contributed by atoms with E-state index in [-0.39, 0.29) is 48.3 Å². The predicted molar refractivity (Wildman–Crippen MR) is 148 cm³/mol. The number of amides is 2. The van der Waals surface area contributed by atoms with Crippen molar-refractivity contribution in [1.29, 1.82) is 0 Å². The summed E-state index contributed by atoms with van der Waals surface area (Å²) in [5.41, 5.74) is 4.15. The Kier molecular flexibility index (Phi) is 9.14. The van der Waals surface area contributed by atoms with Crippen molar-refractivity contribution in [2.45, 2.75) is 105 Å². The first kappa shape index (κ1) is 29.2. The van der Waals surface area contributed by atoms with Crippen molar-refractivity contribution in [1.82, 2.24) is 25.1 Å². The van der Waals surface area contributed by atoms with Gasteiger partial charge in [0.15, 0.2) is 0 Å². The van der Waals surface area contributed by atoms with Gasteiger partial charge in [-0.2, -0.15) is 0 Å². The molecule has 9 heteroatoms. The lowest BCUT2D eigenvalue weighted by atomic mass is 9.83. The lowest BCUT2D eigenvalue weighted by Gasteiger charge is -2.45. The standard InChI is InChI=1S/C28H43N5O3S/c1-16(2)33(17(3)4)25(28(7,8)9)27(36)32-14-21(34)12-23(32)26(35)31-18(5)22-11-10-20(13-29-22)24-19(6)30-15-37-24/h10-11,13,15-18,21,23,25,34H,12,14H2,1-9H3,(H,31,35)/t18-,21+,23-,25+/m0/s1. The average Bonchev–Trinajstić information content (AvgIpc) is 3.41. The first-order valence-corrected chi connectivity index (χ1v) is 14.0. The minimum Gasteiger partial charge on any atom is -0.391 e. The summed E-state index contributed by atoms with van der Waals surface area (Å²) in [5, 5.41) is 13.5. The van der Waals surface area contributed by atoms with E-state index in [1.54, 1.807) is 22.4 Å². The third-order valence-corrected chi connectivity index (χ3v) is 7.98. The number of β-amino-alcohol motifs (C(OH)–C–C–N with tert-alkyl or cyclic N) is 1. The molecule has 8 nitrogen and oxygen atoms in total. The van der Waals surface area contributed by atoms with Gasteiger partial charge >= 0.3 is 0 Å². The van der Waals surface area contributed by atoms with Gasteiger partial charge in [0.1, 0.15) is 6.04 Å². The highest BCUT2D eigenvalue weighted by atomic mass is 32.1. The minimum atomic E-state index is -0.734. The summed E-state index contributed by atoms with van der Waals surface area (Å²) in [7, 11) is 0. The van der Waals surface area contributed by atoms with Crippen LogP contribution in [-0.4, -0.2) is 73.5 Å². The molecule has 0 radical (unpaired) electrons. The number of hydrogen-bond acceptors (Lipinski definition) is 7. The molecule has 2 aromatic rings. The summed E-state index contributed by atoms with van der Waals surface area (Å²) in [6, 6.07) is 2.70. The van der Waals surface area contributed by atoms with Gasteiger partial charge in [0.25, 0.3) is 0 Å². The largest absolute Gasteiger partial charge is 0.391 e. The smallest absolute Gasteiger partial charge is 0.243 e. The molecule has 0 saturated carbocycles. The number of nitrogens with one attached hydrogen (secondary N) is 1. The fraction of sp³-hybridized carbons (Fsp3) is 0.643. The third-order valence-electron chi connectivity index (χ3n) is 7.01. The summed E-state index contributed by atoms with van der Waals surface area (Å²) >= 11 is 1.57. The summed E-state index contributed by atoms with van der Waals surface area (Å²) in [4.78, 5) is 41.2. The van der Waals surface area contributed by atoms with Gasteiger partial charge in [0.05, 0.1) is 40.0 Å². The lowest BCUT2D eigenvalue weighted by molar-refractivity contribution is -0.148. The number of likely N-dealkylation sites (tertiary alicyclic amines) is 1. The Morgan fingerprint density at radius 3 is 2.27 bits per heavy atom. The minimum absolute atomic E-state index is 0.110. The molecule has 0 bridgehead atoms. The van der Waals surface area contributed by atoms with Gasteiger partial charge < -0.3 is 15.3 Å². The van der Waals surface area contributed by atoms with Crippen LogP contribution in [0, 0.1) is 12.3 Å². The molecule has 4 atom stereocenters. The van der Waals surface area contributed by atoms with E-state index in [2.05, 4.69) is 68.7 Å². The van der Waals surface area contributed by atoms with Crippen LogP contribution in [0.5, 0.6) is 0 Å². The Labute approximate surface area is 225 Å². The van der Waals surface area contributed by atoms with Gasteiger partial charge in [-0.15, -0.1) is 11.3 Å². The zero-order chi connectivity index (χ0) is 27.7. The molecule has 3 heterocycles. The van der Waals surface area contributed by atoms with E-state index < -0.39 is 18.2 Å². The van der Waals surface area contributed by atoms with E-state index in [9.17, 15) is 14.7 Å². The van der Waals surface area contributed by atoms with Crippen LogP contribution in [0.15, 0.2) is 23.8 Å². The van der Waals surface area contributed by atoms with E-state index in [1.165, 1.54) is 0 Å². The van der Waals surface area contributed by atoms with E-state index in [0.29, 0.717) is 0 Å². The fourth-order valence-corrected chi connectivity index (χ4v) is 6.16. The Balaban J connectivity index is 1.78. The molecule has 2 aromatic heterocycles. The quantitative estimate of drug-likeness (QED) is 0.532. The van der Waals surface area contributed by atoms with E-state index in [4.69, 9.17) is 0 Å². The number of aryl methyl sites for hydroxylation is 1. The second-order valence-electron chi connectivity index (χ2n) is 11.8. The van der Waals surface area contributed by atoms with Crippen molar-refractivity contribution in [3.05, 3.63) is 35.2 Å². The molecule has 1 aliphatic rings. The van der Waals surface area contributed by atoms with Gasteiger partial charge in [0.2, 0.25) is 11.8 Å². The fourth-order valence-electron chi connectivity index (χ4n) is 5.36. The molecular weight excluding hydrogens is 486 g/mol. The zero-order valence-corrected chi connectivity index (χ0v) is 24.5. The monoisotopic (exact) mass is 529 g/mol. The number of aromatic nitrogens is 2. The molecule has 0 aliphatic carbocycles. The summed E-state index contributed by atoms with van der Waals surface area (Å²) in [6.45, 7) is 18.5. The molecule has 2 N–H and O–H groups in total. The van der Waals surface area contributed by atoms with Gasteiger partial charge in [-0.1, -0.05) is 26.8 Å². The number of hydrogen-bond donors (Lipinski definition) is 2. The van der Waals surface area contributed by atoms with Crippen molar-refractivity contribution in [3.63, 3.8) is 0 Å². The SMILES string of the molecule is Cc1ncsc1-c1ccc([C@H](C)NC(=O)[C@@H]2C[C@@H](O)CN2C(=O)[C@@H](N(C(C)C)C(C)C)C(C)(C)C)nc1. The third kappa shape index (κ3) is 6.56. The van der Waals surface area contributed by atoms with Crippen molar-refractivity contribution < 1.29 is 14.7 Å². The molecule has 2 amide bonds. The van der Waals surface area contributed by atoms with Crippen LogP contribution in [0.3, 0.4) is 0 Å². The van der Waals surface area contributed by atoms with Gasteiger partial charge in [-0.05, 0) is 53.0 Å². The number of nitrogens with zero attached hydrogens (tertiary/aromatic N) is 4. The molecule has 0 aromatic carbocycles.